The molecule has 0 radical (unpaired) electrons. The number of rotatable bonds is 2. The second-order valence-electron chi connectivity index (χ2n) is 4.97. The van der Waals surface area contributed by atoms with Crippen LogP contribution >= 0.6 is 7.60 Å². The van der Waals surface area contributed by atoms with Crippen molar-refractivity contribution in [2.75, 3.05) is 0 Å². The van der Waals surface area contributed by atoms with Crippen LogP contribution in [-0.4, -0.2) is 0 Å². The van der Waals surface area contributed by atoms with Crippen molar-refractivity contribution in [1.29, 1.82) is 0 Å². The van der Waals surface area contributed by atoms with E-state index in [2.05, 4.69) is 86.8 Å². The molecule has 0 aliphatic carbocycles. The number of hydrogen-bond donors (Lipinski definition) is 0. The monoisotopic (exact) mass is 644 g/mol. The topological polar surface area (TPSA) is 63.2 Å². The van der Waals surface area contributed by atoms with Crippen molar-refractivity contribution in [3.05, 3.63) is 122 Å². The Bertz CT molecular complexity index is 1390. The summed E-state index contributed by atoms with van der Waals surface area (Å²) < 4.78 is 11.6. The second-order valence-corrected chi connectivity index (χ2v) is 6.41. The molecule has 1 aromatic carbocycles. The van der Waals surface area contributed by atoms with Crippen LogP contribution in [0.4, 0.5) is 0 Å². The standard InChI is InChI=1S/C24H13O3P.2Cs/c1-4-5-6-7-8-9-10-11-12-13-14-15-16-17-24(28(25,26)27)23-20-21(2)18-19-22(23)3;;/h18-20H,1H2,2-3H3,(H2,25,26,27);;/q;2*+1/p-2. The van der Waals surface area contributed by atoms with Crippen molar-refractivity contribution in [2.24, 2.45) is 0 Å². The van der Waals surface area contributed by atoms with E-state index in [-0.39, 0.29) is 143 Å². The van der Waals surface area contributed by atoms with Crippen LogP contribution in [0.2, 0.25) is 0 Å². The van der Waals surface area contributed by atoms with Gasteiger partial charge >= 0.3 is 138 Å². The second kappa shape index (κ2) is 18.7. The molecule has 0 aromatic heterocycles. The predicted molar refractivity (Wildman–Crippen MR) is 102 cm³/mol. The molecule has 0 N–H and O–H groups in total. The Balaban J connectivity index is 0. The molecule has 0 heterocycles. The van der Waals surface area contributed by atoms with Crippen LogP contribution in [0.5, 0.6) is 0 Å². The third-order valence-corrected chi connectivity index (χ3v) is 3.78. The van der Waals surface area contributed by atoms with Crippen molar-refractivity contribution in [1.82, 2.24) is 0 Å². The van der Waals surface area contributed by atoms with Gasteiger partial charge in [0.1, 0.15) is 0 Å². The normalized spacial score (nSPS) is 7.20. The van der Waals surface area contributed by atoms with Crippen LogP contribution in [0.3, 0.4) is 0 Å². The molecule has 0 saturated heterocycles. The summed E-state index contributed by atoms with van der Waals surface area (Å²) in [6, 6.07) is 5.14. The zero-order valence-corrected chi connectivity index (χ0v) is 30.6. The first-order chi connectivity index (χ1) is 13.4. The summed E-state index contributed by atoms with van der Waals surface area (Å²) in [5.41, 5.74) is 35.4. The van der Waals surface area contributed by atoms with Crippen molar-refractivity contribution < 1.29 is 152 Å². The molecule has 1 rings (SSSR count). The van der Waals surface area contributed by atoms with E-state index >= 15 is 0 Å². The van der Waals surface area contributed by atoms with Crippen molar-refractivity contribution in [2.45, 2.75) is 13.8 Å². The molecule has 0 saturated carbocycles. The van der Waals surface area contributed by atoms with Crippen LogP contribution in [0, 0.1) is 13.8 Å². The van der Waals surface area contributed by atoms with E-state index in [0.29, 0.717) is 5.56 Å². The predicted octanol–water partition coefficient (Wildman–Crippen LogP) is -2.63. The van der Waals surface area contributed by atoms with Gasteiger partial charge in [0.15, 0.2) is 0 Å². The molecular weight excluding hydrogens is 633 g/mol. The zero-order valence-electron chi connectivity index (χ0n) is 17.1. The molecule has 30 heavy (non-hydrogen) atoms. The van der Waals surface area contributed by atoms with E-state index in [1.54, 1.807) is 26.0 Å². The van der Waals surface area contributed by atoms with Gasteiger partial charge in [-0.2, -0.15) is 0 Å². The van der Waals surface area contributed by atoms with E-state index in [1.807, 2.05) is 6.07 Å². The maximum absolute atomic E-state index is 11.6. The van der Waals surface area contributed by atoms with Crippen LogP contribution in [0.15, 0.2) is 105 Å². The van der Waals surface area contributed by atoms with Gasteiger partial charge in [-0.15, -0.1) is 0 Å². The van der Waals surface area contributed by atoms with Crippen LogP contribution in [0.25, 0.3) is 5.31 Å². The molecule has 0 bridgehead atoms. The van der Waals surface area contributed by atoms with Crippen molar-refractivity contribution in [3.8, 4) is 0 Å². The smallest absolute Gasteiger partial charge is 0.807 e. The van der Waals surface area contributed by atoms with E-state index in [9.17, 15) is 14.4 Å². The van der Waals surface area contributed by atoms with E-state index in [1.165, 1.54) is 0 Å². The maximum atomic E-state index is 11.6. The van der Waals surface area contributed by atoms with E-state index in [0.717, 1.165) is 5.56 Å². The fourth-order valence-corrected chi connectivity index (χ4v) is 2.45. The zero-order chi connectivity index (χ0) is 20.8. The summed E-state index contributed by atoms with van der Waals surface area (Å²) in [6.07, 6.45) is 0. The van der Waals surface area contributed by atoms with Gasteiger partial charge in [0.25, 0.3) is 0 Å². The molecule has 0 fully saturated rings. The molecule has 0 atom stereocenters. The van der Waals surface area contributed by atoms with Gasteiger partial charge in [-0.25, -0.2) is 0 Å². The van der Waals surface area contributed by atoms with Gasteiger partial charge in [-0.05, 0) is 108 Å². The van der Waals surface area contributed by atoms with Crippen LogP contribution in [-0.2, 0) is 4.57 Å². The number of benzene rings is 1. The van der Waals surface area contributed by atoms with Gasteiger partial charge in [0, 0.05) is 5.31 Å². The van der Waals surface area contributed by atoms with Crippen molar-refractivity contribution in [3.63, 3.8) is 0 Å². The van der Waals surface area contributed by atoms with E-state index in [4.69, 9.17) is 0 Å². The third-order valence-electron chi connectivity index (χ3n) is 2.88. The summed E-state index contributed by atoms with van der Waals surface area (Å²) >= 11 is 0. The Kier molecular flexibility index (Phi) is 20.1. The van der Waals surface area contributed by atoms with Crippen molar-refractivity contribution >= 4 is 12.9 Å². The molecule has 0 amide bonds. The summed E-state index contributed by atoms with van der Waals surface area (Å²) in [4.78, 5) is 23.1. The molecule has 0 spiro atoms. The molecule has 1 aromatic rings. The molecule has 6 heteroatoms. The molecule has 0 unspecified atom stereocenters. The summed E-state index contributed by atoms with van der Waals surface area (Å²) in [5, 5.41) is -0.490. The molecular formula is C24H11Cs2O3P. The quantitative estimate of drug-likeness (QED) is 0.262. The molecule has 3 nitrogen and oxygen atoms in total. The Morgan fingerprint density at radius 3 is 1.67 bits per heavy atom. The minimum Gasteiger partial charge on any atom is -0.807 e. The number of hydrogen-bond acceptors (Lipinski definition) is 3. The summed E-state index contributed by atoms with van der Waals surface area (Å²) in [7, 11) is -5.05. The first-order valence-electron chi connectivity index (χ1n) is 7.61. The molecule has 0 aliphatic heterocycles. The van der Waals surface area contributed by atoms with Gasteiger partial charge in [-0.1, -0.05) is 35.2 Å². The first-order valence-corrected chi connectivity index (χ1v) is 9.16. The minimum atomic E-state index is -5.05. The van der Waals surface area contributed by atoms with Gasteiger partial charge in [-0.3, -0.25) is 0 Å². The Labute approximate surface area is 293 Å². The van der Waals surface area contributed by atoms with E-state index < -0.39 is 12.9 Å². The Morgan fingerprint density at radius 2 is 1.23 bits per heavy atom. The summed E-state index contributed by atoms with van der Waals surface area (Å²) in [5.74, 6) is 0. The number of aryl methyl sites for hydroxylation is 2. The minimum absolute atomic E-state index is 0. The molecule has 132 valence electrons. The Hall–Kier alpha value is 0.134. The molecule has 0 aliphatic rings. The first kappa shape index (κ1) is 32.3. The van der Waals surface area contributed by atoms with Gasteiger partial charge in [0.05, 0.1) is 0 Å². The van der Waals surface area contributed by atoms with Crippen LogP contribution < -0.4 is 148 Å². The average Bonchev–Trinajstić information content (AvgIpc) is 2.63. The third kappa shape index (κ3) is 14.2. The largest absolute Gasteiger partial charge is 1.00 e. The average molecular weight is 644 g/mol. The van der Waals surface area contributed by atoms with Crippen LogP contribution in [0.1, 0.15) is 16.7 Å². The van der Waals surface area contributed by atoms with Gasteiger partial charge in [0.2, 0.25) is 0 Å². The fourth-order valence-electron chi connectivity index (χ4n) is 1.72. The maximum Gasteiger partial charge on any atom is 1.00 e. The van der Waals surface area contributed by atoms with Gasteiger partial charge < -0.3 is 14.4 Å². The fraction of sp³-hybridized carbons (Fsp3) is 0.0833. The Morgan fingerprint density at radius 1 is 0.800 bits per heavy atom. The SMILES string of the molecule is C=C=C=C=C=C=C=C=C=C=C=C=C=C=C=C(c1cc(C)ccc1C)P(=O)([O-])[O-].[Cs+].[Cs+]. The summed E-state index contributed by atoms with van der Waals surface area (Å²) in [6.45, 7) is 6.78.